The Bertz CT molecular complexity index is 1280. The number of hydrogen-bond donors (Lipinski definition) is 1. The van der Waals surface area contributed by atoms with E-state index in [4.69, 9.17) is 11.6 Å². The first-order valence-electron chi connectivity index (χ1n) is 11.0. The quantitative estimate of drug-likeness (QED) is 0.439. The molecule has 1 aromatic carbocycles. The zero-order valence-corrected chi connectivity index (χ0v) is 19.3. The predicted molar refractivity (Wildman–Crippen MR) is 131 cm³/mol. The van der Waals surface area contributed by atoms with Gasteiger partial charge in [-0.2, -0.15) is 0 Å². The molecule has 164 valence electrons. The molecule has 5 nitrogen and oxygen atoms in total. The highest BCUT2D eigenvalue weighted by Gasteiger charge is 2.25. The Morgan fingerprint density at radius 3 is 2.94 bits per heavy atom. The average molecular weight is 465 g/mol. The molecule has 1 aliphatic carbocycles. The first kappa shape index (κ1) is 21.3. The van der Waals surface area contributed by atoms with Crippen molar-refractivity contribution in [1.82, 2.24) is 19.9 Å². The van der Waals surface area contributed by atoms with Gasteiger partial charge in [-0.25, -0.2) is 4.98 Å². The molecular weight excluding hydrogens is 440 g/mol. The average Bonchev–Trinajstić information content (AvgIpc) is 3.19. The Hall–Kier alpha value is -2.54. The first-order valence-corrected chi connectivity index (χ1v) is 12.2. The molecule has 32 heavy (non-hydrogen) atoms. The Labute approximate surface area is 196 Å². The second-order valence-corrected chi connectivity index (χ2v) is 9.76. The van der Waals surface area contributed by atoms with Crippen molar-refractivity contribution in [2.45, 2.75) is 44.7 Å². The third-order valence-electron chi connectivity index (χ3n) is 6.19. The zero-order chi connectivity index (χ0) is 21.9. The molecule has 0 aliphatic heterocycles. The summed E-state index contributed by atoms with van der Waals surface area (Å²) >= 11 is 7.95. The van der Waals surface area contributed by atoms with Crippen LogP contribution in [0.2, 0.25) is 5.02 Å². The molecule has 3 heterocycles. The molecule has 5 rings (SSSR count). The van der Waals surface area contributed by atoms with Crippen molar-refractivity contribution in [3.63, 3.8) is 0 Å². The lowest BCUT2D eigenvalue weighted by Crippen LogP contribution is -2.35. The van der Waals surface area contributed by atoms with E-state index in [9.17, 15) is 4.79 Å². The molecule has 1 unspecified atom stereocenters. The molecule has 0 spiro atoms. The predicted octanol–water partition coefficient (Wildman–Crippen LogP) is 4.44. The molecule has 4 aromatic rings. The summed E-state index contributed by atoms with van der Waals surface area (Å²) in [6.07, 6.45) is 10.0. The number of aromatic nitrogens is 3. The van der Waals surface area contributed by atoms with Crippen LogP contribution in [0.5, 0.6) is 0 Å². The Balaban J connectivity index is 1.28. The minimum atomic E-state index is 0.0718. The first-order chi connectivity index (χ1) is 15.7. The molecule has 1 N–H and O–H groups in total. The molecule has 1 aliphatic rings. The van der Waals surface area contributed by atoms with Gasteiger partial charge in [-0.3, -0.25) is 14.3 Å². The summed E-state index contributed by atoms with van der Waals surface area (Å²) in [5, 5.41) is 5.25. The lowest BCUT2D eigenvalue weighted by atomic mass is 9.93. The van der Waals surface area contributed by atoms with Crippen LogP contribution in [-0.2, 0) is 32.2 Å². The van der Waals surface area contributed by atoms with Crippen LogP contribution in [-0.4, -0.2) is 27.1 Å². The number of hydrogen-bond acceptors (Lipinski definition) is 5. The van der Waals surface area contributed by atoms with Gasteiger partial charge in [0.2, 0.25) is 0 Å². The second kappa shape index (κ2) is 9.53. The molecule has 0 fully saturated rings. The van der Waals surface area contributed by atoms with Crippen LogP contribution in [0.1, 0.15) is 28.0 Å². The van der Waals surface area contributed by atoms with Crippen LogP contribution in [0.15, 0.2) is 59.9 Å². The fraction of sp³-hybridized carbons (Fsp3) is 0.320. The summed E-state index contributed by atoms with van der Waals surface area (Å²) in [4.78, 5) is 24.2. The highest BCUT2D eigenvalue weighted by molar-refractivity contribution is 7.18. The van der Waals surface area contributed by atoms with Gasteiger partial charge in [-0.05, 0) is 67.5 Å². The van der Waals surface area contributed by atoms with Gasteiger partial charge in [0.05, 0.1) is 11.7 Å². The minimum absolute atomic E-state index is 0.0718. The van der Waals surface area contributed by atoms with Gasteiger partial charge < -0.3 is 5.32 Å². The summed E-state index contributed by atoms with van der Waals surface area (Å²) in [6.45, 7) is 1.51. The number of aryl methyl sites for hydroxylation is 3. The van der Waals surface area contributed by atoms with Crippen molar-refractivity contribution in [2.24, 2.45) is 0 Å². The highest BCUT2D eigenvalue weighted by Crippen LogP contribution is 2.33. The molecule has 0 radical (unpaired) electrons. The number of nitrogens with one attached hydrogen (secondary N) is 1. The van der Waals surface area contributed by atoms with Crippen LogP contribution in [0, 0.1) is 0 Å². The smallest absolute Gasteiger partial charge is 0.262 e. The van der Waals surface area contributed by atoms with Gasteiger partial charge in [-0.15, -0.1) is 11.3 Å². The molecule has 0 bridgehead atoms. The van der Waals surface area contributed by atoms with E-state index in [1.54, 1.807) is 28.4 Å². The Morgan fingerprint density at radius 1 is 1.19 bits per heavy atom. The number of thiophene rings is 1. The van der Waals surface area contributed by atoms with Gasteiger partial charge in [-0.1, -0.05) is 35.9 Å². The van der Waals surface area contributed by atoms with E-state index in [1.165, 1.54) is 16.0 Å². The van der Waals surface area contributed by atoms with Crippen LogP contribution in [0.25, 0.3) is 10.2 Å². The lowest BCUT2D eigenvalue weighted by molar-refractivity contribution is 0.466. The van der Waals surface area contributed by atoms with E-state index in [2.05, 4.69) is 21.4 Å². The number of nitrogens with zero attached hydrogens (tertiary/aromatic N) is 3. The maximum Gasteiger partial charge on any atom is 0.262 e. The van der Waals surface area contributed by atoms with Crippen LogP contribution in [0.4, 0.5) is 0 Å². The van der Waals surface area contributed by atoms with E-state index in [1.807, 2.05) is 36.5 Å². The van der Waals surface area contributed by atoms with E-state index in [0.29, 0.717) is 19.0 Å². The van der Waals surface area contributed by atoms with Crippen LogP contribution >= 0.6 is 22.9 Å². The summed E-state index contributed by atoms with van der Waals surface area (Å²) in [5.74, 6) is 0. The van der Waals surface area contributed by atoms with Gasteiger partial charge in [0.15, 0.2) is 0 Å². The van der Waals surface area contributed by atoms with Crippen molar-refractivity contribution < 1.29 is 0 Å². The van der Waals surface area contributed by atoms with E-state index in [0.717, 1.165) is 53.0 Å². The Kier molecular flexibility index (Phi) is 6.35. The fourth-order valence-corrected chi connectivity index (χ4v) is 5.93. The van der Waals surface area contributed by atoms with E-state index in [-0.39, 0.29) is 5.56 Å². The summed E-state index contributed by atoms with van der Waals surface area (Å²) < 4.78 is 1.73. The second-order valence-electron chi connectivity index (χ2n) is 8.27. The van der Waals surface area contributed by atoms with Crippen molar-refractivity contribution >= 4 is 33.2 Å². The standard InChI is InChI=1S/C25H25ClN4OS/c26-21-6-2-1-5-18(21)10-13-30-16-29-24-23(25(30)31)20-8-7-19(14-22(20)32-24)28-12-9-17-4-3-11-27-15-17/h1-6,11,15-16,19,28H,7-10,12-14H2. The molecular formula is C25H25ClN4OS. The van der Waals surface area contributed by atoms with Crippen molar-refractivity contribution in [2.75, 3.05) is 6.54 Å². The molecule has 7 heteroatoms. The molecule has 0 amide bonds. The minimum Gasteiger partial charge on any atom is -0.313 e. The van der Waals surface area contributed by atoms with Crippen LogP contribution in [0.3, 0.4) is 0 Å². The van der Waals surface area contributed by atoms with E-state index < -0.39 is 0 Å². The van der Waals surface area contributed by atoms with Crippen molar-refractivity contribution in [3.8, 4) is 0 Å². The fourth-order valence-electron chi connectivity index (χ4n) is 4.44. The van der Waals surface area contributed by atoms with Gasteiger partial charge in [0, 0.05) is 34.9 Å². The molecule has 0 saturated heterocycles. The monoisotopic (exact) mass is 464 g/mol. The van der Waals surface area contributed by atoms with Crippen LogP contribution < -0.4 is 10.9 Å². The SMILES string of the molecule is O=c1c2c3c(sc2ncn1CCc1ccccc1Cl)CC(NCCc1cccnc1)CC3. The molecule has 3 aromatic heterocycles. The van der Waals surface area contributed by atoms with Gasteiger partial charge >= 0.3 is 0 Å². The van der Waals surface area contributed by atoms with E-state index >= 15 is 0 Å². The van der Waals surface area contributed by atoms with Crippen molar-refractivity contribution in [3.05, 3.63) is 92.1 Å². The zero-order valence-electron chi connectivity index (χ0n) is 17.8. The maximum absolute atomic E-state index is 13.3. The summed E-state index contributed by atoms with van der Waals surface area (Å²) in [7, 11) is 0. The summed E-state index contributed by atoms with van der Waals surface area (Å²) in [6, 6.07) is 12.3. The maximum atomic E-state index is 13.3. The highest BCUT2D eigenvalue weighted by atomic mass is 35.5. The summed E-state index contributed by atoms with van der Waals surface area (Å²) in [5.41, 5.74) is 3.58. The molecule has 1 atom stereocenters. The number of halogens is 1. The number of rotatable bonds is 7. The van der Waals surface area contributed by atoms with Gasteiger partial charge in [0.1, 0.15) is 4.83 Å². The van der Waals surface area contributed by atoms with Crippen molar-refractivity contribution in [1.29, 1.82) is 0 Å². The topological polar surface area (TPSA) is 59.8 Å². The third-order valence-corrected chi connectivity index (χ3v) is 7.72. The number of fused-ring (bicyclic) bond motifs is 3. The largest absolute Gasteiger partial charge is 0.313 e. The normalized spacial score (nSPS) is 15.7. The Morgan fingerprint density at radius 2 is 2.09 bits per heavy atom. The molecule has 0 saturated carbocycles. The van der Waals surface area contributed by atoms with Gasteiger partial charge in [0.25, 0.3) is 5.56 Å². The number of benzene rings is 1. The lowest BCUT2D eigenvalue weighted by Gasteiger charge is -2.23. The third kappa shape index (κ3) is 4.49. The number of pyridine rings is 1.